The molecule has 5 nitrogen and oxygen atoms in total. The molecule has 2 fully saturated rings. The van der Waals surface area contributed by atoms with Crippen LogP contribution < -0.4 is 4.90 Å². The van der Waals surface area contributed by atoms with Gasteiger partial charge >= 0.3 is 0 Å². The van der Waals surface area contributed by atoms with Crippen molar-refractivity contribution < 1.29 is 5.11 Å². The first-order valence-corrected chi connectivity index (χ1v) is 7.99. The number of anilines is 1. The monoisotopic (exact) mass is 310 g/mol. The second kappa shape index (κ2) is 5.71. The van der Waals surface area contributed by atoms with E-state index in [0.29, 0.717) is 5.02 Å². The van der Waals surface area contributed by atoms with E-state index in [1.807, 2.05) is 6.92 Å². The molecule has 0 bridgehead atoms. The second-order valence-corrected chi connectivity index (χ2v) is 6.93. The highest BCUT2D eigenvalue weighted by Gasteiger charge is 2.45. The van der Waals surface area contributed by atoms with Gasteiger partial charge in [0.25, 0.3) is 0 Å². The maximum atomic E-state index is 10.6. The quantitative estimate of drug-likeness (QED) is 0.856. The number of hydrogen-bond acceptors (Lipinski definition) is 5. The average molecular weight is 311 g/mol. The third-order valence-corrected chi connectivity index (χ3v) is 5.10. The molecule has 21 heavy (non-hydrogen) atoms. The maximum Gasteiger partial charge on any atom is 0.151 e. The molecule has 3 rings (SSSR count). The lowest BCUT2D eigenvalue weighted by Gasteiger charge is -2.50. The third-order valence-electron chi connectivity index (χ3n) is 4.83. The van der Waals surface area contributed by atoms with Crippen LogP contribution >= 0.6 is 11.6 Å². The van der Waals surface area contributed by atoms with Crippen LogP contribution in [0.15, 0.2) is 6.20 Å². The summed E-state index contributed by atoms with van der Waals surface area (Å²) in [5.74, 6) is 1.54. The molecule has 6 heteroatoms. The molecule has 0 aromatic carbocycles. The van der Waals surface area contributed by atoms with Gasteiger partial charge in [-0.05, 0) is 33.2 Å². The molecule has 116 valence electrons. The molecule has 1 aromatic rings. The number of nitrogens with zero attached hydrogens (tertiary/aromatic N) is 4. The first-order chi connectivity index (χ1) is 10.00. The van der Waals surface area contributed by atoms with Crippen LogP contribution in [0.25, 0.3) is 0 Å². The summed E-state index contributed by atoms with van der Waals surface area (Å²) in [6.07, 6.45) is 4.41. The Balaban J connectivity index is 1.87. The zero-order chi connectivity index (χ0) is 15.0. The van der Waals surface area contributed by atoms with Crippen LogP contribution in [0, 0.1) is 12.3 Å². The van der Waals surface area contributed by atoms with E-state index in [-0.39, 0.29) is 11.5 Å². The predicted molar refractivity (Wildman–Crippen MR) is 83.8 cm³/mol. The molecule has 3 heterocycles. The molecule has 2 saturated heterocycles. The number of aryl methyl sites for hydroxylation is 1. The first-order valence-electron chi connectivity index (χ1n) is 7.61. The minimum absolute atomic E-state index is 0.0621. The minimum Gasteiger partial charge on any atom is -0.392 e. The van der Waals surface area contributed by atoms with Gasteiger partial charge in [-0.1, -0.05) is 11.6 Å². The van der Waals surface area contributed by atoms with Crippen LogP contribution in [0.3, 0.4) is 0 Å². The maximum absolute atomic E-state index is 10.6. The van der Waals surface area contributed by atoms with Crippen molar-refractivity contribution in [2.24, 2.45) is 5.41 Å². The van der Waals surface area contributed by atoms with Gasteiger partial charge in [0.15, 0.2) is 5.82 Å². The fourth-order valence-corrected chi connectivity index (χ4v) is 3.99. The fourth-order valence-electron chi connectivity index (χ4n) is 3.78. The van der Waals surface area contributed by atoms with Gasteiger partial charge in [-0.15, -0.1) is 0 Å². The van der Waals surface area contributed by atoms with Crippen LogP contribution in [0.1, 0.15) is 25.1 Å². The lowest BCUT2D eigenvalue weighted by Crippen LogP contribution is -2.58. The Kier molecular flexibility index (Phi) is 4.08. The van der Waals surface area contributed by atoms with Gasteiger partial charge in [-0.25, -0.2) is 9.97 Å². The highest BCUT2D eigenvalue weighted by atomic mass is 35.5. The van der Waals surface area contributed by atoms with Gasteiger partial charge in [-0.3, -0.25) is 0 Å². The van der Waals surface area contributed by atoms with Crippen molar-refractivity contribution in [3.8, 4) is 0 Å². The molecule has 1 N–H and O–H groups in total. The second-order valence-electron chi connectivity index (χ2n) is 6.52. The molecule has 1 spiro atoms. The highest BCUT2D eigenvalue weighted by molar-refractivity contribution is 6.32. The number of halogens is 1. The van der Waals surface area contributed by atoms with Crippen molar-refractivity contribution in [3.63, 3.8) is 0 Å². The standard InChI is InChI=1S/C15H23ClN4O/c1-11-17-8-12(16)14(18-11)20-6-3-5-15(10-20)9-19(2)7-4-13(15)21/h8,13,21H,3-7,9-10H2,1-2H3/t13-,15-/m0/s1. The largest absolute Gasteiger partial charge is 0.392 e. The summed E-state index contributed by atoms with van der Waals surface area (Å²) in [5.41, 5.74) is -0.0621. The van der Waals surface area contributed by atoms with Crippen LogP contribution in [-0.2, 0) is 0 Å². The lowest BCUT2D eigenvalue weighted by molar-refractivity contribution is -0.0466. The lowest BCUT2D eigenvalue weighted by atomic mass is 9.71. The summed E-state index contributed by atoms with van der Waals surface area (Å²) in [7, 11) is 2.13. The Morgan fingerprint density at radius 1 is 1.38 bits per heavy atom. The van der Waals surface area contributed by atoms with Gasteiger partial charge in [0.2, 0.25) is 0 Å². The van der Waals surface area contributed by atoms with Crippen molar-refractivity contribution in [1.29, 1.82) is 0 Å². The number of rotatable bonds is 1. The van der Waals surface area contributed by atoms with Crippen molar-refractivity contribution >= 4 is 17.4 Å². The Bertz CT molecular complexity index is 526. The van der Waals surface area contributed by atoms with Crippen LogP contribution in [0.4, 0.5) is 5.82 Å². The average Bonchev–Trinajstić information content (AvgIpc) is 2.46. The van der Waals surface area contributed by atoms with Gasteiger partial charge in [-0.2, -0.15) is 0 Å². The summed E-state index contributed by atoms with van der Waals surface area (Å²) >= 11 is 6.28. The van der Waals surface area contributed by atoms with E-state index in [1.165, 1.54) is 0 Å². The predicted octanol–water partition coefficient (Wildman–Crippen LogP) is 1.72. The van der Waals surface area contributed by atoms with Gasteiger partial charge in [0.1, 0.15) is 10.8 Å². The Hall–Kier alpha value is -0.910. The van der Waals surface area contributed by atoms with Crippen LogP contribution in [-0.4, -0.2) is 59.3 Å². The third kappa shape index (κ3) is 2.87. The van der Waals surface area contributed by atoms with E-state index >= 15 is 0 Å². The number of hydrogen-bond donors (Lipinski definition) is 1. The smallest absolute Gasteiger partial charge is 0.151 e. The zero-order valence-corrected chi connectivity index (χ0v) is 13.5. The van der Waals surface area contributed by atoms with Crippen molar-refractivity contribution in [2.45, 2.75) is 32.3 Å². The van der Waals surface area contributed by atoms with E-state index in [2.05, 4.69) is 26.8 Å². The summed E-state index contributed by atoms with van der Waals surface area (Å²) in [5, 5.41) is 11.2. The van der Waals surface area contributed by atoms with E-state index in [1.54, 1.807) is 6.20 Å². The van der Waals surface area contributed by atoms with E-state index in [9.17, 15) is 5.11 Å². The molecule has 0 radical (unpaired) electrons. The minimum atomic E-state index is -0.238. The molecular formula is C15H23ClN4O. The molecule has 2 aliphatic heterocycles. The topological polar surface area (TPSA) is 52.5 Å². The molecule has 0 amide bonds. The molecule has 2 aliphatic rings. The number of likely N-dealkylation sites (tertiary alicyclic amines) is 1. The molecule has 0 saturated carbocycles. The Morgan fingerprint density at radius 2 is 2.19 bits per heavy atom. The SMILES string of the molecule is Cc1ncc(Cl)c(N2CCC[C@]3(CN(C)CC[C@@H]3O)C2)n1. The molecule has 1 aromatic heterocycles. The van der Waals surface area contributed by atoms with E-state index < -0.39 is 0 Å². The number of aliphatic hydroxyl groups is 1. The van der Waals surface area contributed by atoms with E-state index in [0.717, 1.165) is 57.1 Å². The van der Waals surface area contributed by atoms with Gasteiger partial charge in [0.05, 0.1) is 12.3 Å². The molecule has 0 aliphatic carbocycles. The summed E-state index contributed by atoms with van der Waals surface area (Å²) < 4.78 is 0. The molecule has 0 unspecified atom stereocenters. The number of piperidine rings is 2. The molecule has 2 atom stereocenters. The summed E-state index contributed by atoms with van der Waals surface area (Å²) in [4.78, 5) is 13.2. The normalized spacial score (nSPS) is 30.9. The number of aromatic nitrogens is 2. The first kappa shape index (κ1) is 15.0. The Labute approximate surface area is 130 Å². The summed E-state index contributed by atoms with van der Waals surface area (Å²) in [6.45, 7) is 5.54. The van der Waals surface area contributed by atoms with Crippen LogP contribution in [0.2, 0.25) is 5.02 Å². The van der Waals surface area contributed by atoms with Crippen LogP contribution in [0.5, 0.6) is 0 Å². The van der Waals surface area contributed by atoms with Gasteiger partial charge < -0.3 is 14.9 Å². The summed E-state index contributed by atoms with van der Waals surface area (Å²) in [6, 6.07) is 0. The van der Waals surface area contributed by atoms with Gasteiger partial charge in [0, 0.05) is 31.6 Å². The molecular weight excluding hydrogens is 288 g/mol. The van der Waals surface area contributed by atoms with Crippen molar-refractivity contribution in [1.82, 2.24) is 14.9 Å². The van der Waals surface area contributed by atoms with Crippen molar-refractivity contribution in [2.75, 3.05) is 38.1 Å². The zero-order valence-electron chi connectivity index (χ0n) is 12.7. The highest BCUT2D eigenvalue weighted by Crippen LogP contribution is 2.40. The van der Waals surface area contributed by atoms with E-state index in [4.69, 9.17) is 11.6 Å². The fraction of sp³-hybridized carbons (Fsp3) is 0.733. The van der Waals surface area contributed by atoms with Crippen molar-refractivity contribution in [3.05, 3.63) is 17.0 Å². The Morgan fingerprint density at radius 3 is 3.00 bits per heavy atom. The number of aliphatic hydroxyl groups excluding tert-OH is 1.